The standard InChI is InChI=1S/C13H17NO5/c1-9-6-10(4-5-12(9)18-2)11(8-14(16)17)7-13(15)19-3/h4-6,11H,7-8H2,1-3H3. The van der Waals surface area contributed by atoms with Crippen molar-refractivity contribution in [2.24, 2.45) is 0 Å². The van der Waals surface area contributed by atoms with Gasteiger partial charge in [-0.1, -0.05) is 12.1 Å². The summed E-state index contributed by atoms with van der Waals surface area (Å²) in [6, 6.07) is 5.29. The summed E-state index contributed by atoms with van der Waals surface area (Å²) in [5.74, 6) is -0.242. The van der Waals surface area contributed by atoms with E-state index in [4.69, 9.17) is 4.74 Å². The highest BCUT2D eigenvalue weighted by Gasteiger charge is 2.22. The van der Waals surface area contributed by atoms with Gasteiger partial charge in [-0.05, 0) is 24.1 Å². The predicted octanol–water partition coefficient (Wildman–Crippen LogP) is 1.93. The van der Waals surface area contributed by atoms with Crippen LogP contribution in [0.15, 0.2) is 18.2 Å². The summed E-state index contributed by atoms with van der Waals surface area (Å²) in [5, 5.41) is 10.7. The van der Waals surface area contributed by atoms with Gasteiger partial charge < -0.3 is 9.47 Å². The van der Waals surface area contributed by atoms with Gasteiger partial charge in [-0.3, -0.25) is 14.9 Å². The minimum absolute atomic E-state index is 0.0107. The summed E-state index contributed by atoms with van der Waals surface area (Å²) < 4.78 is 9.71. The first-order valence-corrected chi connectivity index (χ1v) is 5.81. The zero-order chi connectivity index (χ0) is 14.4. The molecule has 0 amide bonds. The van der Waals surface area contributed by atoms with Crippen LogP contribution in [0.25, 0.3) is 0 Å². The molecule has 1 unspecified atom stereocenters. The Morgan fingerprint density at radius 2 is 2.11 bits per heavy atom. The van der Waals surface area contributed by atoms with Crippen molar-refractivity contribution in [2.45, 2.75) is 19.3 Å². The van der Waals surface area contributed by atoms with Crippen molar-refractivity contribution in [3.8, 4) is 5.75 Å². The maximum absolute atomic E-state index is 11.3. The zero-order valence-electron chi connectivity index (χ0n) is 11.2. The van der Waals surface area contributed by atoms with E-state index < -0.39 is 16.8 Å². The molecule has 0 saturated heterocycles. The Labute approximate surface area is 111 Å². The van der Waals surface area contributed by atoms with Crippen molar-refractivity contribution in [1.82, 2.24) is 0 Å². The molecule has 0 N–H and O–H groups in total. The zero-order valence-corrected chi connectivity index (χ0v) is 11.2. The first kappa shape index (κ1) is 14.9. The van der Waals surface area contributed by atoms with Crippen LogP contribution in [0, 0.1) is 17.0 Å². The van der Waals surface area contributed by atoms with Gasteiger partial charge in [0.05, 0.1) is 26.6 Å². The number of ether oxygens (including phenoxy) is 2. The van der Waals surface area contributed by atoms with E-state index >= 15 is 0 Å². The van der Waals surface area contributed by atoms with Crippen LogP contribution in [0.2, 0.25) is 0 Å². The number of carbonyl (C=O) groups excluding carboxylic acids is 1. The number of esters is 1. The third-order valence-corrected chi connectivity index (χ3v) is 2.90. The first-order valence-electron chi connectivity index (χ1n) is 5.81. The van der Waals surface area contributed by atoms with Crippen LogP contribution >= 0.6 is 0 Å². The molecule has 0 radical (unpaired) electrons. The highest BCUT2D eigenvalue weighted by atomic mass is 16.6. The molecule has 0 aromatic heterocycles. The van der Waals surface area contributed by atoms with Gasteiger partial charge in [0.1, 0.15) is 5.75 Å². The molecule has 1 aromatic rings. The monoisotopic (exact) mass is 267 g/mol. The van der Waals surface area contributed by atoms with Gasteiger partial charge in [0.15, 0.2) is 0 Å². The van der Waals surface area contributed by atoms with Crippen LogP contribution < -0.4 is 4.74 Å². The molecular weight excluding hydrogens is 250 g/mol. The van der Waals surface area contributed by atoms with Crippen molar-refractivity contribution >= 4 is 5.97 Å². The first-order chi connectivity index (χ1) is 8.97. The fraction of sp³-hybridized carbons (Fsp3) is 0.462. The summed E-state index contributed by atoms with van der Waals surface area (Å²) in [6.07, 6.45) is -0.0107. The number of nitro groups is 1. The predicted molar refractivity (Wildman–Crippen MR) is 69.0 cm³/mol. The van der Waals surface area contributed by atoms with Crippen LogP contribution in [0.3, 0.4) is 0 Å². The van der Waals surface area contributed by atoms with Crippen LogP contribution in [0.4, 0.5) is 0 Å². The average molecular weight is 267 g/mol. The maximum Gasteiger partial charge on any atom is 0.306 e. The average Bonchev–Trinajstić information content (AvgIpc) is 2.37. The number of hydrogen-bond donors (Lipinski definition) is 0. The summed E-state index contributed by atoms with van der Waals surface area (Å²) in [5.41, 5.74) is 1.61. The van der Waals surface area contributed by atoms with Crippen LogP contribution in [0.1, 0.15) is 23.5 Å². The Hall–Kier alpha value is -2.11. The second-order valence-corrected chi connectivity index (χ2v) is 4.22. The molecule has 0 aliphatic heterocycles. The minimum Gasteiger partial charge on any atom is -0.496 e. The van der Waals surface area contributed by atoms with Gasteiger partial charge in [0.25, 0.3) is 0 Å². The second-order valence-electron chi connectivity index (χ2n) is 4.22. The Morgan fingerprint density at radius 3 is 2.58 bits per heavy atom. The van der Waals surface area contributed by atoms with Crippen molar-refractivity contribution in [2.75, 3.05) is 20.8 Å². The van der Waals surface area contributed by atoms with Gasteiger partial charge in [0, 0.05) is 4.92 Å². The van der Waals surface area contributed by atoms with Gasteiger partial charge in [0.2, 0.25) is 6.54 Å². The van der Waals surface area contributed by atoms with Gasteiger partial charge in [-0.15, -0.1) is 0 Å². The molecule has 104 valence electrons. The molecule has 6 nitrogen and oxygen atoms in total. The number of nitrogens with zero attached hydrogens (tertiary/aromatic N) is 1. The van der Waals surface area contributed by atoms with Crippen molar-refractivity contribution in [3.63, 3.8) is 0 Å². The third-order valence-electron chi connectivity index (χ3n) is 2.90. The highest BCUT2D eigenvalue weighted by Crippen LogP contribution is 2.26. The number of carbonyl (C=O) groups is 1. The maximum atomic E-state index is 11.3. The van der Waals surface area contributed by atoms with Crippen molar-refractivity contribution in [1.29, 1.82) is 0 Å². The SMILES string of the molecule is COC(=O)CC(C[N+](=O)[O-])c1ccc(OC)c(C)c1. The van der Waals surface area contributed by atoms with Crippen LogP contribution in [-0.2, 0) is 9.53 Å². The smallest absolute Gasteiger partial charge is 0.306 e. The summed E-state index contributed by atoms with van der Waals surface area (Å²) >= 11 is 0. The number of aryl methyl sites for hydroxylation is 1. The lowest BCUT2D eigenvalue weighted by Crippen LogP contribution is -2.17. The van der Waals surface area contributed by atoms with Crippen LogP contribution in [0.5, 0.6) is 5.75 Å². The largest absolute Gasteiger partial charge is 0.496 e. The van der Waals surface area contributed by atoms with E-state index in [2.05, 4.69) is 4.74 Å². The lowest BCUT2D eigenvalue weighted by atomic mass is 9.94. The van der Waals surface area contributed by atoms with Crippen molar-refractivity contribution in [3.05, 3.63) is 39.4 Å². The Bertz CT molecular complexity index is 472. The molecule has 1 rings (SSSR count). The lowest BCUT2D eigenvalue weighted by Gasteiger charge is -2.14. The molecule has 0 saturated carbocycles. The summed E-state index contributed by atoms with van der Waals surface area (Å²) in [4.78, 5) is 21.6. The number of benzene rings is 1. The molecule has 1 aromatic carbocycles. The Balaban J connectivity index is 2.99. The number of rotatable bonds is 6. The van der Waals surface area contributed by atoms with Crippen LogP contribution in [-0.4, -0.2) is 31.7 Å². The van der Waals surface area contributed by atoms with E-state index in [9.17, 15) is 14.9 Å². The van der Waals surface area contributed by atoms with Gasteiger partial charge in [-0.25, -0.2) is 0 Å². The fourth-order valence-corrected chi connectivity index (χ4v) is 1.91. The molecule has 0 aliphatic carbocycles. The minimum atomic E-state index is -0.493. The van der Waals surface area contributed by atoms with Gasteiger partial charge in [-0.2, -0.15) is 0 Å². The van der Waals surface area contributed by atoms with E-state index in [-0.39, 0.29) is 13.0 Å². The Morgan fingerprint density at radius 1 is 1.42 bits per heavy atom. The topological polar surface area (TPSA) is 78.7 Å². The Kier molecular flexibility index (Phi) is 5.29. The van der Waals surface area contributed by atoms with Crippen molar-refractivity contribution < 1.29 is 19.2 Å². The third kappa shape index (κ3) is 4.24. The second kappa shape index (κ2) is 6.72. The van der Waals surface area contributed by atoms with E-state index in [0.717, 1.165) is 11.1 Å². The molecule has 0 spiro atoms. The molecule has 0 fully saturated rings. The van der Waals surface area contributed by atoms with E-state index in [1.54, 1.807) is 25.3 Å². The van der Waals surface area contributed by atoms with Gasteiger partial charge >= 0.3 is 5.97 Å². The number of hydrogen-bond acceptors (Lipinski definition) is 5. The molecule has 6 heteroatoms. The molecule has 1 atom stereocenters. The molecule has 0 aliphatic rings. The van der Waals surface area contributed by atoms with E-state index in [0.29, 0.717) is 5.75 Å². The molecular formula is C13H17NO5. The summed E-state index contributed by atoms with van der Waals surface area (Å²) in [6.45, 7) is 1.55. The summed E-state index contributed by atoms with van der Waals surface area (Å²) in [7, 11) is 2.83. The van der Waals surface area contributed by atoms with E-state index in [1.807, 2.05) is 6.92 Å². The highest BCUT2D eigenvalue weighted by molar-refractivity contribution is 5.70. The normalized spacial score (nSPS) is 11.7. The lowest BCUT2D eigenvalue weighted by molar-refractivity contribution is -0.483. The molecule has 0 heterocycles. The molecule has 0 bridgehead atoms. The van der Waals surface area contributed by atoms with E-state index in [1.165, 1.54) is 7.11 Å². The fourth-order valence-electron chi connectivity index (χ4n) is 1.91. The molecule has 19 heavy (non-hydrogen) atoms. The quantitative estimate of drug-likeness (QED) is 0.447. The number of methoxy groups -OCH3 is 2.